The Morgan fingerprint density at radius 2 is 2.14 bits per heavy atom. The Bertz CT molecular complexity index is 813. The van der Waals surface area contributed by atoms with Crippen LogP contribution >= 0.6 is 24.0 Å². The molecule has 2 saturated heterocycles. The number of aryl methyl sites for hydroxylation is 1. The lowest BCUT2D eigenvalue weighted by atomic mass is 9.87. The molecular formula is C21H30IN5O. The molecule has 1 N–H and O–H groups in total. The number of benzene rings is 1. The fourth-order valence-electron chi connectivity index (χ4n) is 4.09. The summed E-state index contributed by atoms with van der Waals surface area (Å²) in [7, 11) is 0. The third-order valence-corrected chi connectivity index (χ3v) is 5.62. The molecule has 28 heavy (non-hydrogen) atoms. The summed E-state index contributed by atoms with van der Waals surface area (Å²) in [6.45, 7) is 9.53. The van der Waals surface area contributed by atoms with Crippen molar-refractivity contribution in [3.63, 3.8) is 0 Å². The van der Waals surface area contributed by atoms with Gasteiger partial charge < -0.3 is 15.0 Å². The number of ether oxygens (including phenoxy) is 1. The maximum absolute atomic E-state index is 5.67. The molecule has 1 aromatic heterocycles. The summed E-state index contributed by atoms with van der Waals surface area (Å²) in [5.74, 6) is 1.01. The van der Waals surface area contributed by atoms with Gasteiger partial charge in [0.15, 0.2) is 5.96 Å². The Labute approximate surface area is 184 Å². The molecule has 0 bridgehead atoms. The Morgan fingerprint density at radius 1 is 1.29 bits per heavy atom. The first kappa shape index (κ1) is 21.1. The lowest BCUT2D eigenvalue weighted by Crippen LogP contribution is -2.41. The Morgan fingerprint density at radius 3 is 2.86 bits per heavy atom. The van der Waals surface area contributed by atoms with Crippen LogP contribution in [0.3, 0.4) is 0 Å². The first-order valence-electron chi connectivity index (χ1n) is 9.91. The molecule has 6 nitrogen and oxygen atoms in total. The highest BCUT2D eigenvalue weighted by Crippen LogP contribution is 2.38. The Hall–Kier alpha value is -1.61. The molecule has 1 spiro atoms. The van der Waals surface area contributed by atoms with Crippen LogP contribution in [0.2, 0.25) is 0 Å². The molecule has 2 fully saturated rings. The zero-order valence-corrected chi connectivity index (χ0v) is 19.1. The Balaban J connectivity index is 0.00000225. The van der Waals surface area contributed by atoms with E-state index in [1.807, 2.05) is 23.9 Å². The van der Waals surface area contributed by atoms with Crippen LogP contribution in [0.15, 0.2) is 41.5 Å². The number of guanidine groups is 1. The molecule has 1 aromatic carbocycles. The third-order valence-electron chi connectivity index (χ3n) is 5.62. The molecule has 3 heterocycles. The van der Waals surface area contributed by atoms with Crippen LogP contribution < -0.4 is 5.32 Å². The van der Waals surface area contributed by atoms with Gasteiger partial charge in [0, 0.05) is 37.9 Å². The summed E-state index contributed by atoms with van der Waals surface area (Å²) in [4.78, 5) is 7.36. The number of hydrogen-bond donors (Lipinski definition) is 1. The monoisotopic (exact) mass is 495 g/mol. The minimum Gasteiger partial charge on any atom is -0.381 e. The van der Waals surface area contributed by atoms with Gasteiger partial charge >= 0.3 is 0 Å². The van der Waals surface area contributed by atoms with E-state index >= 15 is 0 Å². The number of hydrogen-bond acceptors (Lipinski definition) is 3. The minimum atomic E-state index is 0. The highest BCUT2D eigenvalue weighted by molar-refractivity contribution is 14.0. The SMILES string of the molecule is CCNC(=NCc1ccccc1-n1ccc(C)n1)N1CCC2(CCOC2)C1.I. The lowest BCUT2D eigenvalue weighted by Gasteiger charge is -2.25. The zero-order valence-electron chi connectivity index (χ0n) is 16.7. The predicted octanol–water partition coefficient (Wildman–Crippen LogP) is 3.38. The zero-order chi connectivity index (χ0) is 18.7. The molecule has 2 aliphatic rings. The largest absolute Gasteiger partial charge is 0.381 e. The summed E-state index contributed by atoms with van der Waals surface area (Å²) in [5.41, 5.74) is 3.62. The predicted molar refractivity (Wildman–Crippen MR) is 123 cm³/mol. The lowest BCUT2D eigenvalue weighted by molar-refractivity contribution is 0.156. The molecule has 7 heteroatoms. The fraction of sp³-hybridized carbons (Fsp3) is 0.524. The second kappa shape index (κ2) is 9.26. The van der Waals surface area contributed by atoms with Crippen LogP contribution in [0.1, 0.15) is 31.0 Å². The summed E-state index contributed by atoms with van der Waals surface area (Å²) < 4.78 is 7.61. The van der Waals surface area contributed by atoms with Gasteiger partial charge in [0.2, 0.25) is 0 Å². The first-order chi connectivity index (χ1) is 13.2. The van der Waals surface area contributed by atoms with Gasteiger partial charge in [-0.1, -0.05) is 18.2 Å². The summed E-state index contributed by atoms with van der Waals surface area (Å²) >= 11 is 0. The number of aliphatic imine (C=N–C) groups is 1. The molecule has 152 valence electrons. The van der Waals surface area contributed by atoms with E-state index in [2.05, 4.69) is 46.5 Å². The topological polar surface area (TPSA) is 54.7 Å². The van der Waals surface area contributed by atoms with Crippen molar-refractivity contribution in [3.05, 3.63) is 47.8 Å². The van der Waals surface area contributed by atoms with Crippen molar-refractivity contribution >= 4 is 29.9 Å². The van der Waals surface area contributed by atoms with Crippen LogP contribution in [-0.4, -0.2) is 53.5 Å². The van der Waals surface area contributed by atoms with Crippen LogP contribution in [-0.2, 0) is 11.3 Å². The van der Waals surface area contributed by atoms with E-state index in [0.717, 1.165) is 50.2 Å². The van der Waals surface area contributed by atoms with Crippen LogP contribution in [0.25, 0.3) is 5.69 Å². The average Bonchev–Trinajstić information content (AvgIpc) is 3.42. The second-order valence-electron chi connectivity index (χ2n) is 7.67. The van der Waals surface area contributed by atoms with Crippen LogP contribution in [0.4, 0.5) is 0 Å². The molecule has 4 rings (SSSR count). The van der Waals surface area contributed by atoms with Crippen LogP contribution in [0, 0.1) is 12.3 Å². The van der Waals surface area contributed by atoms with Crippen molar-refractivity contribution in [2.24, 2.45) is 10.4 Å². The molecule has 1 atom stereocenters. The van der Waals surface area contributed by atoms with Gasteiger partial charge in [0.1, 0.15) is 0 Å². The number of nitrogens with one attached hydrogen (secondary N) is 1. The molecule has 2 aromatic rings. The first-order valence-corrected chi connectivity index (χ1v) is 9.91. The van der Waals surface area contributed by atoms with Gasteiger partial charge in [-0.15, -0.1) is 24.0 Å². The van der Waals surface area contributed by atoms with E-state index in [1.54, 1.807) is 0 Å². The number of para-hydroxylation sites is 1. The van der Waals surface area contributed by atoms with Crippen LogP contribution in [0.5, 0.6) is 0 Å². The standard InChI is InChI=1S/C21H29N5O.HI/c1-3-22-20(25-12-9-21(15-25)10-13-27-16-21)23-14-18-6-4-5-7-19(18)26-11-8-17(2)24-26;/h4-8,11H,3,9-10,12-16H2,1-2H3,(H,22,23);1H. The van der Waals surface area contributed by atoms with E-state index in [4.69, 9.17) is 9.73 Å². The quantitative estimate of drug-likeness (QED) is 0.402. The van der Waals surface area contributed by atoms with Gasteiger partial charge in [0.05, 0.1) is 24.5 Å². The number of halogens is 1. The fourth-order valence-corrected chi connectivity index (χ4v) is 4.09. The highest BCUT2D eigenvalue weighted by Gasteiger charge is 2.42. The van der Waals surface area contributed by atoms with Crippen molar-refractivity contribution in [1.29, 1.82) is 0 Å². The normalized spacial score (nSPS) is 21.9. The second-order valence-corrected chi connectivity index (χ2v) is 7.67. The summed E-state index contributed by atoms with van der Waals surface area (Å²) in [6, 6.07) is 10.4. The number of likely N-dealkylation sites (tertiary alicyclic amines) is 1. The van der Waals surface area contributed by atoms with E-state index in [0.29, 0.717) is 12.0 Å². The van der Waals surface area contributed by atoms with E-state index in [-0.39, 0.29) is 24.0 Å². The van der Waals surface area contributed by atoms with Gasteiger partial charge in [0.25, 0.3) is 0 Å². The van der Waals surface area contributed by atoms with Crippen molar-refractivity contribution in [1.82, 2.24) is 20.0 Å². The molecule has 1 unspecified atom stereocenters. The van der Waals surface area contributed by atoms with E-state index in [1.165, 1.54) is 18.4 Å². The van der Waals surface area contributed by atoms with Gasteiger partial charge in [-0.3, -0.25) is 0 Å². The smallest absolute Gasteiger partial charge is 0.194 e. The maximum atomic E-state index is 5.67. The summed E-state index contributed by atoms with van der Waals surface area (Å²) in [6.07, 6.45) is 4.37. The number of aromatic nitrogens is 2. The van der Waals surface area contributed by atoms with Gasteiger partial charge in [-0.25, -0.2) is 9.67 Å². The minimum absolute atomic E-state index is 0. The Kier molecular flexibility index (Phi) is 6.98. The van der Waals surface area contributed by atoms with Gasteiger partial charge in [-0.05, 0) is 44.4 Å². The van der Waals surface area contributed by atoms with E-state index < -0.39 is 0 Å². The number of nitrogens with zero attached hydrogens (tertiary/aromatic N) is 4. The molecule has 0 aliphatic carbocycles. The summed E-state index contributed by atoms with van der Waals surface area (Å²) in [5, 5.41) is 8.04. The van der Waals surface area contributed by atoms with Gasteiger partial charge in [-0.2, -0.15) is 5.10 Å². The average molecular weight is 495 g/mol. The van der Waals surface area contributed by atoms with E-state index in [9.17, 15) is 0 Å². The van der Waals surface area contributed by atoms with Crippen molar-refractivity contribution < 1.29 is 4.74 Å². The van der Waals surface area contributed by atoms with Crippen molar-refractivity contribution in [3.8, 4) is 5.69 Å². The molecule has 2 aliphatic heterocycles. The molecule has 0 saturated carbocycles. The third kappa shape index (κ3) is 4.51. The van der Waals surface area contributed by atoms with Crippen molar-refractivity contribution in [2.45, 2.75) is 33.2 Å². The maximum Gasteiger partial charge on any atom is 0.194 e. The number of rotatable bonds is 4. The molecule has 0 radical (unpaired) electrons. The van der Waals surface area contributed by atoms with Crippen molar-refractivity contribution in [2.75, 3.05) is 32.8 Å². The molecular weight excluding hydrogens is 465 g/mol. The highest BCUT2D eigenvalue weighted by atomic mass is 127. The molecule has 0 amide bonds.